The van der Waals surface area contributed by atoms with Crippen molar-refractivity contribution in [2.24, 2.45) is 11.7 Å². The van der Waals surface area contributed by atoms with E-state index in [9.17, 15) is 4.79 Å². The van der Waals surface area contributed by atoms with Gasteiger partial charge in [-0.15, -0.1) is 12.4 Å². The predicted octanol–water partition coefficient (Wildman–Crippen LogP) is 1.03. The minimum atomic E-state index is -0.405. The zero-order chi connectivity index (χ0) is 11.4. The summed E-state index contributed by atoms with van der Waals surface area (Å²) in [5.41, 5.74) is 5.63. The molecule has 16 heavy (non-hydrogen) atoms. The number of halogens is 1. The lowest BCUT2D eigenvalue weighted by molar-refractivity contribution is -0.141. The molecule has 5 heteroatoms. The average Bonchev–Trinajstić information content (AvgIpc) is 2.16. The van der Waals surface area contributed by atoms with E-state index in [0.717, 1.165) is 6.42 Å². The molecule has 0 radical (unpaired) electrons. The van der Waals surface area contributed by atoms with Crippen LogP contribution in [0.25, 0.3) is 0 Å². The molecule has 96 valence electrons. The number of morpholine rings is 1. The van der Waals surface area contributed by atoms with Gasteiger partial charge in [-0.2, -0.15) is 0 Å². The third-order valence-corrected chi connectivity index (χ3v) is 2.64. The van der Waals surface area contributed by atoms with Crippen molar-refractivity contribution >= 4 is 18.3 Å². The summed E-state index contributed by atoms with van der Waals surface area (Å²) in [7, 11) is 0. The summed E-state index contributed by atoms with van der Waals surface area (Å²) in [4.78, 5) is 13.7. The summed E-state index contributed by atoms with van der Waals surface area (Å²) in [6, 6.07) is -0.199. The fourth-order valence-corrected chi connectivity index (χ4v) is 1.95. The summed E-state index contributed by atoms with van der Waals surface area (Å²) in [6.45, 7) is 8.01. The number of rotatable bonds is 3. The first kappa shape index (κ1) is 15.7. The van der Waals surface area contributed by atoms with Gasteiger partial charge in [-0.3, -0.25) is 4.79 Å². The highest BCUT2D eigenvalue weighted by atomic mass is 35.5. The largest absolute Gasteiger partial charge is 0.377 e. The van der Waals surface area contributed by atoms with Gasteiger partial charge < -0.3 is 15.4 Å². The minimum absolute atomic E-state index is 0. The van der Waals surface area contributed by atoms with E-state index in [1.165, 1.54) is 0 Å². The summed E-state index contributed by atoms with van der Waals surface area (Å²) in [6.07, 6.45) is 0.985. The smallest absolute Gasteiger partial charge is 0.239 e. The first-order valence-corrected chi connectivity index (χ1v) is 5.66. The van der Waals surface area contributed by atoms with Crippen LogP contribution in [0.2, 0.25) is 0 Å². The Balaban J connectivity index is 0.00000225. The van der Waals surface area contributed by atoms with Crippen molar-refractivity contribution in [3.63, 3.8) is 0 Å². The lowest BCUT2D eigenvalue weighted by atomic mass is 10.0. The van der Waals surface area contributed by atoms with E-state index in [-0.39, 0.29) is 24.4 Å². The number of carbonyl (C=O) groups excluding carboxylic acids is 1. The van der Waals surface area contributed by atoms with Crippen molar-refractivity contribution in [2.45, 2.75) is 39.3 Å². The van der Waals surface area contributed by atoms with Crippen LogP contribution in [-0.2, 0) is 9.53 Å². The van der Waals surface area contributed by atoms with E-state index in [1.54, 1.807) is 6.92 Å². The molecular formula is C11H23ClN2O2. The molecule has 0 saturated carbocycles. The van der Waals surface area contributed by atoms with Crippen LogP contribution < -0.4 is 5.73 Å². The third kappa shape index (κ3) is 4.28. The Labute approximate surface area is 104 Å². The highest BCUT2D eigenvalue weighted by Gasteiger charge is 2.29. The van der Waals surface area contributed by atoms with Crippen LogP contribution in [0.1, 0.15) is 27.2 Å². The molecule has 0 aromatic rings. The molecule has 0 aromatic heterocycles. The van der Waals surface area contributed by atoms with Crippen molar-refractivity contribution < 1.29 is 9.53 Å². The number of hydrogen-bond donors (Lipinski definition) is 1. The second-order valence-electron chi connectivity index (χ2n) is 4.68. The maximum Gasteiger partial charge on any atom is 0.239 e. The molecule has 1 aliphatic heterocycles. The summed E-state index contributed by atoms with van der Waals surface area (Å²) in [5.74, 6) is 0.615. The van der Waals surface area contributed by atoms with Crippen LogP contribution in [0.15, 0.2) is 0 Å². The Bertz CT molecular complexity index is 222. The molecule has 0 aliphatic carbocycles. The number of carbonyl (C=O) groups is 1. The fourth-order valence-electron chi connectivity index (χ4n) is 1.95. The van der Waals surface area contributed by atoms with E-state index < -0.39 is 6.04 Å². The van der Waals surface area contributed by atoms with Gasteiger partial charge in [-0.05, 0) is 19.3 Å². The average molecular weight is 251 g/mol. The zero-order valence-corrected chi connectivity index (χ0v) is 11.1. The second kappa shape index (κ2) is 7.09. The molecule has 1 rings (SSSR count). The van der Waals surface area contributed by atoms with Gasteiger partial charge in [0.25, 0.3) is 0 Å². The summed E-state index contributed by atoms with van der Waals surface area (Å²) in [5, 5.41) is 0. The highest BCUT2D eigenvalue weighted by molar-refractivity contribution is 5.85. The SMILES string of the molecule is CC(C)CC1COCCN1C(=O)C(C)N.Cl. The minimum Gasteiger partial charge on any atom is -0.377 e. The lowest BCUT2D eigenvalue weighted by Gasteiger charge is -2.37. The maximum atomic E-state index is 11.8. The van der Waals surface area contributed by atoms with E-state index in [2.05, 4.69) is 13.8 Å². The van der Waals surface area contributed by atoms with E-state index in [1.807, 2.05) is 4.90 Å². The number of nitrogens with zero attached hydrogens (tertiary/aromatic N) is 1. The second-order valence-corrected chi connectivity index (χ2v) is 4.68. The number of ether oxygens (including phenoxy) is 1. The van der Waals surface area contributed by atoms with Crippen molar-refractivity contribution in [2.75, 3.05) is 19.8 Å². The van der Waals surface area contributed by atoms with Crippen LogP contribution in [0.3, 0.4) is 0 Å². The molecule has 1 aliphatic rings. The van der Waals surface area contributed by atoms with Crippen LogP contribution in [0.5, 0.6) is 0 Å². The molecule has 1 fully saturated rings. The van der Waals surface area contributed by atoms with E-state index in [4.69, 9.17) is 10.5 Å². The molecule has 1 saturated heterocycles. The number of hydrogen-bond acceptors (Lipinski definition) is 3. The first-order valence-electron chi connectivity index (χ1n) is 5.66. The van der Waals surface area contributed by atoms with Crippen molar-refractivity contribution in [3.8, 4) is 0 Å². The maximum absolute atomic E-state index is 11.8. The molecule has 0 spiro atoms. The molecule has 1 heterocycles. The summed E-state index contributed by atoms with van der Waals surface area (Å²) >= 11 is 0. The van der Waals surface area contributed by atoms with E-state index in [0.29, 0.717) is 25.7 Å². The van der Waals surface area contributed by atoms with Crippen LogP contribution in [0.4, 0.5) is 0 Å². The molecule has 0 aromatic carbocycles. The molecule has 1 amide bonds. The molecule has 4 nitrogen and oxygen atoms in total. The van der Waals surface area contributed by atoms with Gasteiger partial charge in [0.1, 0.15) is 0 Å². The Morgan fingerprint density at radius 1 is 1.50 bits per heavy atom. The zero-order valence-electron chi connectivity index (χ0n) is 10.3. The Morgan fingerprint density at radius 2 is 2.12 bits per heavy atom. The van der Waals surface area contributed by atoms with Crippen LogP contribution in [0, 0.1) is 5.92 Å². The van der Waals surface area contributed by atoms with Crippen molar-refractivity contribution in [1.82, 2.24) is 4.90 Å². The van der Waals surface area contributed by atoms with Gasteiger partial charge in [0.05, 0.1) is 25.3 Å². The monoisotopic (exact) mass is 250 g/mol. The predicted molar refractivity (Wildman–Crippen MR) is 66.7 cm³/mol. The number of amides is 1. The Morgan fingerprint density at radius 3 is 2.62 bits per heavy atom. The van der Waals surface area contributed by atoms with Crippen LogP contribution in [-0.4, -0.2) is 42.6 Å². The topological polar surface area (TPSA) is 55.6 Å². The number of nitrogens with two attached hydrogens (primary N) is 1. The molecule has 2 N–H and O–H groups in total. The van der Waals surface area contributed by atoms with Crippen molar-refractivity contribution in [1.29, 1.82) is 0 Å². The molecule has 0 bridgehead atoms. The van der Waals surface area contributed by atoms with Gasteiger partial charge in [0.2, 0.25) is 5.91 Å². The Hall–Kier alpha value is -0.320. The molecular weight excluding hydrogens is 228 g/mol. The lowest BCUT2D eigenvalue weighted by Crippen LogP contribution is -2.53. The highest BCUT2D eigenvalue weighted by Crippen LogP contribution is 2.16. The fraction of sp³-hybridized carbons (Fsp3) is 0.909. The standard InChI is InChI=1S/C11H22N2O2.ClH/c1-8(2)6-10-7-15-5-4-13(10)11(14)9(3)12;/h8-10H,4-7,12H2,1-3H3;1H. The Kier molecular flexibility index (Phi) is 6.95. The van der Waals surface area contributed by atoms with Crippen LogP contribution >= 0.6 is 12.4 Å². The molecule has 2 atom stereocenters. The summed E-state index contributed by atoms with van der Waals surface area (Å²) < 4.78 is 5.41. The normalized spacial score (nSPS) is 22.8. The molecule has 2 unspecified atom stereocenters. The van der Waals surface area contributed by atoms with Gasteiger partial charge in [-0.1, -0.05) is 13.8 Å². The van der Waals surface area contributed by atoms with Gasteiger partial charge in [0, 0.05) is 6.54 Å². The van der Waals surface area contributed by atoms with Gasteiger partial charge in [-0.25, -0.2) is 0 Å². The van der Waals surface area contributed by atoms with Gasteiger partial charge in [0.15, 0.2) is 0 Å². The van der Waals surface area contributed by atoms with Crippen molar-refractivity contribution in [3.05, 3.63) is 0 Å². The van der Waals surface area contributed by atoms with E-state index >= 15 is 0 Å². The first-order chi connectivity index (χ1) is 7.02. The third-order valence-electron chi connectivity index (χ3n) is 2.64. The quantitative estimate of drug-likeness (QED) is 0.814. The van der Waals surface area contributed by atoms with Gasteiger partial charge >= 0.3 is 0 Å².